The Hall–Kier alpha value is -2.11. The van der Waals surface area contributed by atoms with Gasteiger partial charge in [0.25, 0.3) is 0 Å². The van der Waals surface area contributed by atoms with Crippen molar-refractivity contribution in [2.75, 3.05) is 32.7 Å². The van der Waals surface area contributed by atoms with Gasteiger partial charge in [-0.3, -0.25) is 9.59 Å². The lowest BCUT2D eigenvalue weighted by Crippen LogP contribution is -2.52. The van der Waals surface area contributed by atoms with Crippen LogP contribution in [0.4, 0.5) is 0 Å². The number of fused-ring (bicyclic) bond motifs is 1. The van der Waals surface area contributed by atoms with E-state index in [0.29, 0.717) is 30.7 Å². The number of sulfonamides is 1. The zero-order valence-electron chi connectivity index (χ0n) is 13.8. The van der Waals surface area contributed by atoms with E-state index in [2.05, 4.69) is 14.1 Å². The summed E-state index contributed by atoms with van der Waals surface area (Å²) in [5, 5.41) is 2.65. The predicted octanol–water partition coefficient (Wildman–Crippen LogP) is -0.340. The summed E-state index contributed by atoms with van der Waals surface area (Å²) in [5.41, 5.74) is 0.940. The fourth-order valence-electron chi connectivity index (χ4n) is 3.32. The molecule has 0 spiro atoms. The Morgan fingerprint density at radius 2 is 1.96 bits per heavy atom. The van der Waals surface area contributed by atoms with E-state index in [0.717, 1.165) is 11.7 Å². The van der Waals surface area contributed by atoms with Crippen molar-refractivity contribution in [1.29, 1.82) is 0 Å². The highest BCUT2D eigenvalue weighted by Crippen LogP contribution is 2.25. The van der Waals surface area contributed by atoms with E-state index in [9.17, 15) is 18.0 Å². The third-order valence-electron chi connectivity index (χ3n) is 4.74. The molecule has 26 heavy (non-hydrogen) atoms. The summed E-state index contributed by atoms with van der Waals surface area (Å²) < 4.78 is 35.5. The maximum atomic E-state index is 13.0. The summed E-state index contributed by atoms with van der Waals surface area (Å²) in [4.78, 5) is 25.5. The molecule has 9 nitrogen and oxygen atoms in total. The van der Waals surface area contributed by atoms with Crippen LogP contribution in [0, 0.1) is 5.92 Å². The van der Waals surface area contributed by atoms with Crippen LogP contribution in [0.15, 0.2) is 23.1 Å². The van der Waals surface area contributed by atoms with Gasteiger partial charge in [-0.1, -0.05) is 6.07 Å². The highest BCUT2D eigenvalue weighted by molar-refractivity contribution is 7.89. The van der Waals surface area contributed by atoms with Gasteiger partial charge in [0.2, 0.25) is 21.8 Å². The first-order chi connectivity index (χ1) is 12.5. The molecular weight excluding hydrogens is 378 g/mol. The van der Waals surface area contributed by atoms with Crippen molar-refractivity contribution in [1.82, 2.24) is 23.3 Å². The van der Waals surface area contributed by atoms with Crippen LogP contribution in [0.2, 0.25) is 0 Å². The number of amides is 2. The summed E-state index contributed by atoms with van der Waals surface area (Å²) in [7, 11) is -3.70. The van der Waals surface area contributed by atoms with Crippen molar-refractivity contribution >= 4 is 44.6 Å². The number of hydrogen-bond acceptors (Lipinski definition) is 7. The molecule has 2 amide bonds. The van der Waals surface area contributed by atoms with Crippen LogP contribution in [-0.2, 0) is 19.6 Å². The molecule has 2 fully saturated rings. The Morgan fingerprint density at radius 1 is 1.19 bits per heavy atom. The maximum Gasteiger partial charge on any atom is 0.245 e. The lowest BCUT2D eigenvalue weighted by atomic mass is 10.1. The minimum Gasteiger partial charge on any atom is -0.355 e. The second-order valence-electron chi connectivity index (χ2n) is 6.32. The molecule has 1 atom stereocenters. The van der Waals surface area contributed by atoms with Gasteiger partial charge < -0.3 is 10.2 Å². The molecule has 0 saturated carbocycles. The summed E-state index contributed by atoms with van der Waals surface area (Å²) in [6.07, 6.45) is 0.205. The first-order valence-corrected chi connectivity index (χ1v) is 10.4. The van der Waals surface area contributed by atoms with Crippen molar-refractivity contribution in [3.8, 4) is 0 Å². The van der Waals surface area contributed by atoms with E-state index in [1.165, 1.54) is 10.4 Å². The van der Waals surface area contributed by atoms with Crippen molar-refractivity contribution < 1.29 is 18.0 Å². The van der Waals surface area contributed by atoms with Gasteiger partial charge in [0.1, 0.15) is 15.9 Å². The average molecular weight is 395 g/mol. The SMILES string of the molecule is O=C1CC(C(=O)N2CCN(S(=O)(=O)c3cccc4nsnc34)CC2)CN1. The lowest BCUT2D eigenvalue weighted by Gasteiger charge is -2.35. The number of aromatic nitrogens is 2. The Bertz CT molecular complexity index is 965. The Morgan fingerprint density at radius 3 is 2.65 bits per heavy atom. The summed E-state index contributed by atoms with van der Waals surface area (Å²) in [5.74, 6) is -0.554. The van der Waals surface area contributed by atoms with Gasteiger partial charge >= 0.3 is 0 Å². The van der Waals surface area contributed by atoms with E-state index in [1.54, 1.807) is 17.0 Å². The standard InChI is InChI=1S/C15H17N5O4S2/c21-13-8-10(9-16-13)15(22)19-4-6-20(7-5-19)26(23,24)12-3-1-2-11-14(12)18-25-17-11/h1-3,10H,4-9H2,(H,16,21). The predicted molar refractivity (Wildman–Crippen MR) is 93.9 cm³/mol. The van der Waals surface area contributed by atoms with Crippen LogP contribution in [0.25, 0.3) is 11.0 Å². The molecule has 2 aromatic rings. The Balaban J connectivity index is 1.48. The first kappa shape index (κ1) is 17.3. The second kappa shape index (κ2) is 6.56. The largest absolute Gasteiger partial charge is 0.355 e. The van der Waals surface area contributed by atoms with Gasteiger partial charge in [0.05, 0.1) is 17.6 Å². The van der Waals surface area contributed by atoms with Gasteiger partial charge in [0.15, 0.2) is 0 Å². The minimum absolute atomic E-state index is 0.0915. The zero-order chi connectivity index (χ0) is 18.3. The van der Waals surface area contributed by atoms with Crippen LogP contribution in [-0.4, -0.2) is 70.9 Å². The number of piperazine rings is 1. The summed E-state index contributed by atoms with van der Waals surface area (Å²) in [6.45, 7) is 1.42. The molecule has 0 radical (unpaired) electrons. The normalized spacial score (nSPS) is 21.9. The minimum atomic E-state index is -3.70. The Kier molecular flexibility index (Phi) is 4.37. The molecule has 2 saturated heterocycles. The molecule has 0 aliphatic carbocycles. The highest BCUT2D eigenvalue weighted by Gasteiger charge is 2.36. The van der Waals surface area contributed by atoms with E-state index >= 15 is 0 Å². The molecule has 1 N–H and O–H groups in total. The average Bonchev–Trinajstić information content (AvgIpc) is 3.29. The highest BCUT2D eigenvalue weighted by atomic mass is 32.2. The zero-order valence-corrected chi connectivity index (χ0v) is 15.4. The molecule has 11 heteroatoms. The van der Waals surface area contributed by atoms with Crippen molar-refractivity contribution in [2.45, 2.75) is 11.3 Å². The third-order valence-corrected chi connectivity index (χ3v) is 7.22. The molecule has 4 rings (SSSR count). The van der Waals surface area contributed by atoms with E-state index in [1.807, 2.05) is 0 Å². The van der Waals surface area contributed by atoms with Gasteiger partial charge in [-0.2, -0.15) is 13.1 Å². The van der Waals surface area contributed by atoms with E-state index in [4.69, 9.17) is 0 Å². The first-order valence-electron chi connectivity index (χ1n) is 8.24. The molecule has 1 aromatic heterocycles. The maximum absolute atomic E-state index is 13.0. The number of carbonyl (C=O) groups is 2. The van der Waals surface area contributed by atoms with Gasteiger partial charge in [-0.25, -0.2) is 8.42 Å². The number of rotatable bonds is 3. The quantitative estimate of drug-likeness (QED) is 0.761. The van der Waals surface area contributed by atoms with E-state index in [-0.39, 0.29) is 42.1 Å². The third kappa shape index (κ3) is 2.95. The molecule has 1 unspecified atom stereocenters. The monoisotopic (exact) mass is 395 g/mol. The van der Waals surface area contributed by atoms with Crippen molar-refractivity contribution in [2.24, 2.45) is 5.92 Å². The van der Waals surface area contributed by atoms with Crippen LogP contribution in [0.1, 0.15) is 6.42 Å². The summed E-state index contributed by atoms with van der Waals surface area (Å²) >= 11 is 0.979. The molecule has 0 bridgehead atoms. The molecule has 1 aromatic carbocycles. The fraction of sp³-hybridized carbons (Fsp3) is 0.467. The Labute approximate surface area is 154 Å². The topological polar surface area (TPSA) is 113 Å². The number of nitrogens with one attached hydrogen (secondary N) is 1. The molecule has 2 aliphatic rings. The van der Waals surface area contributed by atoms with Gasteiger partial charge in [-0.05, 0) is 12.1 Å². The molecular formula is C15H17N5O4S2. The number of carbonyl (C=O) groups excluding carboxylic acids is 2. The molecule has 138 valence electrons. The number of nitrogens with zero attached hydrogens (tertiary/aromatic N) is 4. The van der Waals surface area contributed by atoms with Crippen molar-refractivity contribution in [3.63, 3.8) is 0 Å². The smallest absolute Gasteiger partial charge is 0.245 e. The molecule has 3 heterocycles. The fourth-order valence-corrected chi connectivity index (χ4v) is 5.49. The number of benzene rings is 1. The van der Waals surface area contributed by atoms with Crippen LogP contribution in [0.5, 0.6) is 0 Å². The second-order valence-corrected chi connectivity index (χ2v) is 8.76. The van der Waals surface area contributed by atoms with Gasteiger partial charge in [-0.15, -0.1) is 0 Å². The van der Waals surface area contributed by atoms with Crippen LogP contribution >= 0.6 is 11.7 Å². The van der Waals surface area contributed by atoms with E-state index < -0.39 is 10.0 Å². The van der Waals surface area contributed by atoms with Crippen LogP contribution in [0.3, 0.4) is 0 Å². The molecule has 2 aliphatic heterocycles. The summed E-state index contributed by atoms with van der Waals surface area (Å²) in [6, 6.07) is 4.91. The lowest BCUT2D eigenvalue weighted by molar-refractivity contribution is -0.136. The number of hydrogen-bond donors (Lipinski definition) is 1. The van der Waals surface area contributed by atoms with Crippen LogP contribution < -0.4 is 5.32 Å². The van der Waals surface area contributed by atoms with Crippen molar-refractivity contribution in [3.05, 3.63) is 18.2 Å². The van der Waals surface area contributed by atoms with Gasteiger partial charge in [0, 0.05) is 39.1 Å².